The van der Waals surface area contributed by atoms with Crippen molar-refractivity contribution in [1.29, 1.82) is 0 Å². The first-order chi connectivity index (χ1) is 10.7. The van der Waals surface area contributed by atoms with Crippen LogP contribution in [-0.2, 0) is 4.79 Å². The van der Waals surface area contributed by atoms with Gasteiger partial charge in [-0.05, 0) is 12.1 Å². The smallest absolute Gasteiger partial charge is 0.321 e. The number of alkyl halides is 2. The van der Waals surface area contributed by atoms with Crippen LogP contribution in [0.4, 0.5) is 19.3 Å². The highest BCUT2D eigenvalue weighted by molar-refractivity contribution is 6.32. The first-order valence-electron chi connectivity index (χ1n) is 6.66. The Morgan fingerprint density at radius 2 is 2.09 bits per heavy atom. The van der Waals surface area contributed by atoms with E-state index in [2.05, 4.69) is 5.32 Å². The number of carbonyl (C=O) groups excluding carboxylic acids is 1. The van der Waals surface area contributed by atoms with Gasteiger partial charge in [0.15, 0.2) is 5.75 Å². The molecule has 1 unspecified atom stereocenters. The van der Waals surface area contributed by atoms with Crippen molar-refractivity contribution < 1.29 is 28.2 Å². The summed E-state index contributed by atoms with van der Waals surface area (Å²) >= 11 is 5.89. The number of carboxylic acids is 1. The minimum absolute atomic E-state index is 0.0189. The van der Waals surface area contributed by atoms with Crippen LogP contribution in [0.5, 0.6) is 5.75 Å². The van der Waals surface area contributed by atoms with E-state index >= 15 is 0 Å². The van der Waals surface area contributed by atoms with Crippen molar-refractivity contribution in [1.82, 2.24) is 4.90 Å². The molecule has 0 spiro atoms. The van der Waals surface area contributed by atoms with E-state index in [-0.39, 0.29) is 23.0 Å². The van der Waals surface area contributed by atoms with Crippen molar-refractivity contribution in [2.24, 2.45) is 5.92 Å². The number of para-hydroxylation sites is 1. The van der Waals surface area contributed by atoms with Gasteiger partial charge in [-0.1, -0.05) is 24.6 Å². The zero-order valence-corrected chi connectivity index (χ0v) is 13.3. The SMILES string of the molecule is CC(CN(C)C(=O)Nc1cccc(Cl)c1OCC(F)F)C(=O)O. The van der Waals surface area contributed by atoms with Crippen molar-refractivity contribution in [3.63, 3.8) is 0 Å². The van der Waals surface area contributed by atoms with E-state index in [1.165, 1.54) is 32.2 Å². The van der Waals surface area contributed by atoms with Gasteiger partial charge in [-0.15, -0.1) is 0 Å². The standard InChI is InChI=1S/C14H17ClF2N2O4/c1-8(13(20)21)6-19(2)14(22)18-10-5-3-4-9(15)12(10)23-7-11(16)17/h3-5,8,11H,6-7H2,1-2H3,(H,18,22)(H,20,21). The third-order valence-corrected chi connectivity index (χ3v) is 3.18. The third kappa shape index (κ3) is 5.90. The number of aliphatic carboxylic acids is 1. The molecule has 0 bridgehead atoms. The molecule has 0 saturated carbocycles. The lowest BCUT2D eigenvalue weighted by Crippen LogP contribution is -2.36. The summed E-state index contributed by atoms with van der Waals surface area (Å²) < 4.78 is 29.5. The predicted octanol–water partition coefficient (Wildman–Crippen LogP) is 3.17. The van der Waals surface area contributed by atoms with E-state index in [1.54, 1.807) is 0 Å². The molecule has 1 aromatic rings. The highest BCUT2D eigenvalue weighted by Crippen LogP contribution is 2.33. The Morgan fingerprint density at radius 3 is 2.65 bits per heavy atom. The summed E-state index contributed by atoms with van der Waals surface area (Å²) in [5.74, 6) is -1.85. The fraction of sp³-hybridized carbons (Fsp3) is 0.429. The molecule has 0 fully saturated rings. The molecule has 1 atom stereocenters. The molecular weight excluding hydrogens is 334 g/mol. The van der Waals surface area contributed by atoms with Crippen LogP contribution in [0.25, 0.3) is 0 Å². The minimum Gasteiger partial charge on any atom is -0.484 e. The van der Waals surface area contributed by atoms with Gasteiger partial charge in [0.1, 0.15) is 6.61 Å². The number of anilines is 1. The molecule has 0 saturated heterocycles. The van der Waals surface area contributed by atoms with Gasteiger partial charge in [0, 0.05) is 13.6 Å². The van der Waals surface area contributed by atoms with Gasteiger partial charge in [0.25, 0.3) is 6.43 Å². The Bertz CT molecular complexity index is 572. The molecule has 0 aliphatic heterocycles. The summed E-state index contributed by atoms with van der Waals surface area (Å²) in [6.45, 7) is 0.579. The first-order valence-corrected chi connectivity index (χ1v) is 7.04. The Balaban J connectivity index is 2.81. The normalized spacial score (nSPS) is 11.9. The lowest BCUT2D eigenvalue weighted by atomic mass is 10.2. The van der Waals surface area contributed by atoms with Crippen molar-refractivity contribution >= 4 is 29.3 Å². The van der Waals surface area contributed by atoms with Crippen molar-refractivity contribution in [3.05, 3.63) is 23.2 Å². The van der Waals surface area contributed by atoms with Crippen LogP contribution < -0.4 is 10.1 Å². The molecule has 2 N–H and O–H groups in total. The fourth-order valence-electron chi connectivity index (χ4n) is 1.68. The second kappa shape index (κ2) is 8.52. The minimum atomic E-state index is -2.69. The van der Waals surface area contributed by atoms with Gasteiger partial charge >= 0.3 is 12.0 Å². The van der Waals surface area contributed by atoms with Crippen LogP contribution in [0.15, 0.2) is 18.2 Å². The van der Waals surface area contributed by atoms with Gasteiger partial charge in [-0.3, -0.25) is 4.79 Å². The van der Waals surface area contributed by atoms with Crippen LogP contribution in [0, 0.1) is 5.92 Å². The number of nitrogens with zero attached hydrogens (tertiary/aromatic N) is 1. The second-order valence-corrected chi connectivity index (χ2v) is 5.28. The molecule has 23 heavy (non-hydrogen) atoms. The van der Waals surface area contributed by atoms with Crippen molar-refractivity contribution in [3.8, 4) is 5.75 Å². The number of urea groups is 1. The van der Waals surface area contributed by atoms with Crippen molar-refractivity contribution in [2.75, 3.05) is 25.5 Å². The number of halogens is 3. The Morgan fingerprint density at radius 1 is 1.43 bits per heavy atom. The molecule has 9 heteroatoms. The maximum absolute atomic E-state index is 12.3. The molecule has 0 aromatic heterocycles. The van der Waals surface area contributed by atoms with Crippen LogP contribution >= 0.6 is 11.6 Å². The number of carbonyl (C=O) groups is 2. The maximum Gasteiger partial charge on any atom is 0.321 e. The lowest BCUT2D eigenvalue weighted by Gasteiger charge is -2.21. The van der Waals surface area contributed by atoms with E-state index in [4.69, 9.17) is 21.4 Å². The Kier molecular flexibility index (Phi) is 7.02. The zero-order chi connectivity index (χ0) is 17.6. The summed E-state index contributed by atoms with van der Waals surface area (Å²) in [6.07, 6.45) is -2.69. The van der Waals surface area contributed by atoms with Crippen LogP contribution in [0.2, 0.25) is 5.02 Å². The van der Waals surface area contributed by atoms with Gasteiger partial charge in [-0.25, -0.2) is 13.6 Å². The van der Waals surface area contributed by atoms with Crippen LogP contribution in [0.3, 0.4) is 0 Å². The van der Waals surface area contributed by atoms with Gasteiger partial charge in [0.05, 0.1) is 16.6 Å². The van der Waals surface area contributed by atoms with E-state index in [9.17, 15) is 18.4 Å². The molecular formula is C14H17ClF2N2O4. The molecule has 128 valence electrons. The molecule has 1 rings (SSSR count). The average molecular weight is 351 g/mol. The largest absolute Gasteiger partial charge is 0.484 e. The van der Waals surface area contributed by atoms with E-state index in [0.29, 0.717) is 0 Å². The first kappa shape index (κ1) is 19.0. The number of carboxylic acid groups (broad SMARTS) is 1. The summed E-state index contributed by atoms with van der Waals surface area (Å²) in [6, 6.07) is 3.79. The van der Waals surface area contributed by atoms with E-state index < -0.39 is 31.0 Å². The summed E-state index contributed by atoms with van der Waals surface area (Å²) in [7, 11) is 1.42. The number of amides is 2. The maximum atomic E-state index is 12.3. The highest BCUT2D eigenvalue weighted by atomic mass is 35.5. The fourth-order valence-corrected chi connectivity index (χ4v) is 1.91. The molecule has 2 amide bonds. The third-order valence-electron chi connectivity index (χ3n) is 2.88. The second-order valence-electron chi connectivity index (χ2n) is 4.87. The van der Waals surface area contributed by atoms with Crippen molar-refractivity contribution in [2.45, 2.75) is 13.3 Å². The number of nitrogens with one attached hydrogen (secondary N) is 1. The number of benzene rings is 1. The summed E-state index contributed by atoms with van der Waals surface area (Å²) in [4.78, 5) is 24.0. The molecule has 0 radical (unpaired) electrons. The molecule has 0 aliphatic rings. The van der Waals surface area contributed by atoms with Crippen LogP contribution in [-0.4, -0.2) is 48.6 Å². The summed E-state index contributed by atoms with van der Waals surface area (Å²) in [5, 5.41) is 11.4. The summed E-state index contributed by atoms with van der Waals surface area (Å²) in [5.41, 5.74) is 0.123. The Hall–Kier alpha value is -2.09. The number of hydrogen-bond donors (Lipinski definition) is 2. The number of rotatable bonds is 7. The average Bonchev–Trinajstić information content (AvgIpc) is 2.45. The Labute approximate surface area is 137 Å². The van der Waals surface area contributed by atoms with Gasteiger partial charge in [0.2, 0.25) is 0 Å². The molecule has 6 nitrogen and oxygen atoms in total. The molecule has 0 aliphatic carbocycles. The number of ether oxygens (including phenoxy) is 1. The number of hydrogen-bond acceptors (Lipinski definition) is 3. The predicted molar refractivity (Wildman–Crippen MR) is 81.4 cm³/mol. The van der Waals surface area contributed by atoms with Gasteiger partial charge in [-0.2, -0.15) is 0 Å². The zero-order valence-electron chi connectivity index (χ0n) is 12.6. The quantitative estimate of drug-likeness (QED) is 0.791. The van der Waals surface area contributed by atoms with Crippen LogP contribution in [0.1, 0.15) is 6.92 Å². The monoisotopic (exact) mass is 350 g/mol. The van der Waals surface area contributed by atoms with Gasteiger partial charge < -0.3 is 20.1 Å². The molecule has 1 aromatic carbocycles. The van der Waals surface area contributed by atoms with E-state index in [0.717, 1.165) is 4.90 Å². The highest BCUT2D eigenvalue weighted by Gasteiger charge is 2.19. The lowest BCUT2D eigenvalue weighted by molar-refractivity contribution is -0.141. The van der Waals surface area contributed by atoms with E-state index in [1.807, 2.05) is 0 Å². The topological polar surface area (TPSA) is 78.9 Å². The molecule has 0 heterocycles.